The number of rotatable bonds is 4. The van der Waals surface area contributed by atoms with E-state index in [1.54, 1.807) is 0 Å². The predicted molar refractivity (Wildman–Crippen MR) is 68.1 cm³/mol. The summed E-state index contributed by atoms with van der Waals surface area (Å²) in [4.78, 5) is 21.9. The third-order valence-corrected chi connectivity index (χ3v) is 3.07. The fraction of sp³-hybridized carbons (Fsp3) is 0.417. The summed E-state index contributed by atoms with van der Waals surface area (Å²) < 4.78 is 5.53. The molecular weight excluding hydrogens is 250 g/mol. The second kappa shape index (κ2) is 5.23. The van der Waals surface area contributed by atoms with Crippen LogP contribution in [0.5, 0.6) is 5.75 Å². The fourth-order valence-corrected chi connectivity index (χ4v) is 1.93. The Morgan fingerprint density at radius 3 is 2.74 bits per heavy atom. The van der Waals surface area contributed by atoms with Crippen LogP contribution in [0.15, 0.2) is 18.2 Å². The largest absolute Gasteiger partial charge is 0.483 e. The molecule has 0 aliphatic heterocycles. The van der Waals surface area contributed by atoms with Crippen LogP contribution in [-0.4, -0.2) is 30.0 Å². The smallest absolute Gasteiger partial charge is 0.311 e. The molecule has 19 heavy (non-hydrogen) atoms. The summed E-state index contributed by atoms with van der Waals surface area (Å²) >= 11 is 0. The van der Waals surface area contributed by atoms with Crippen LogP contribution in [0.4, 0.5) is 5.69 Å². The van der Waals surface area contributed by atoms with Gasteiger partial charge in [-0.1, -0.05) is 0 Å². The van der Waals surface area contributed by atoms with Crippen molar-refractivity contribution in [3.8, 4) is 5.75 Å². The summed E-state index contributed by atoms with van der Waals surface area (Å²) in [7, 11) is 1.47. The van der Waals surface area contributed by atoms with Crippen molar-refractivity contribution in [3.05, 3.63) is 33.9 Å². The molecule has 0 heterocycles. The first-order valence-corrected chi connectivity index (χ1v) is 5.94. The van der Waals surface area contributed by atoms with Gasteiger partial charge in [-0.2, -0.15) is 0 Å². The van der Waals surface area contributed by atoms with E-state index in [-0.39, 0.29) is 35.1 Å². The predicted octanol–water partition coefficient (Wildman–Crippen LogP) is 0.823. The maximum atomic E-state index is 11.4. The topological polar surface area (TPSA) is 107 Å². The summed E-state index contributed by atoms with van der Waals surface area (Å²) in [6.45, 7) is 0. The van der Waals surface area contributed by atoms with Crippen LogP contribution in [0.2, 0.25) is 0 Å². The first kappa shape index (κ1) is 13.3. The van der Waals surface area contributed by atoms with Crippen molar-refractivity contribution in [3.63, 3.8) is 0 Å². The Kier molecular flexibility index (Phi) is 3.66. The molecule has 1 amide bonds. The number of ether oxygens (including phenoxy) is 1. The highest BCUT2D eigenvalue weighted by atomic mass is 16.6. The number of hydrogen-bond acceptors (Lipinski definition) is 5. The SMILES string of the molecule is CNC(=O)c1ccc(OC2CC(N)C2)c([N+](=O)[O-])c1. The normalized spacial score (nSPS) is 21.4. The van der Waals surface area contributed by atoms with E-state index in [2.05, 4.69) is 5.32 Å². The zero-order valence-electron chi connectivity index (χ0n) is 10.5. The van der Waals surface area contributed by atoms with Gasteiger partial charge in [0.05, 0.1) is 4.92 Å². The van der Waals surface area contributed by atoms with Gasteiger partial charge in [-0.05, 0) is 25.0 Å². The molecule has 1 aliphatic rings. The lowest BCUT2D eigenvalue weighted by atomic mass is 9.90. The zero-order valence-corrected chi connectivity index (χ0v) is 10.5. The number of carbonyl (C=O) groups is 1. The molecule has 0 bridgehead atoms. The second-order valence-corrected chi connectivity index (χ2v) is 4.49. The van der Waals surface area contributed by atoms with Gasteiger partial charge in [-0.25, -0.2) is 0 Å². The molecule has 0 aromatic heterocycles. The van der Waals surface area contributed by atoms with E-state index in [9.17, 15) is 14.9 Å². The Morgan fingerprint density at radius 1 is 1.53 bits per heavy atom. The molecule has 3 N–H and O–H groups in total. The fourth-order valence-electron chi connectivity index (χ4n) is 1.93. The lowest BCUT2D eigenvalue weighted by Gasteiger charge is -2.32. The Balaban J connectivity index is 2.22. The number of nitrogens with zero attached hydrogens (tertiary/aromatic N) is 1. The van der Waals surface area contributed by atoms with E-state index in [0.29, 0.717) is 12.8 Å². The molecule has 102 valence electrons. The standard InChI is InChI=1S/C12H15N3O4/c1-14-12(16)7-2-3-11(10(4-7)15(17)18)19-9-5-8(13)6-9/h2-4,8-9H,5-6,13H2,1H3,(H,14,16). The van der Waals surface area contributed by atoms with Gasteiger partial charge in [0.1, 0.15) is 6.10 Å². The molecule has 1 aromatic carbocycles. The van der Waals surface area contributed by atoms with Gasteiger partial charge in [0.2, 0.25) is 0 Å². The van der Waals surface area contributed by atoms with Crippen molar-refractivity contribution in [2.75, 3.05) is 7.05 Å². The van der Waals surface area contributed by atoms with Gasteiger partial charge in [-0.3, -0.25) is 14.9 Å². The first-order chi connectivity index (χ1) is 9.01. The van der Waals surface area contributed by atoms with E-state index in [1.165, 1.54) is 25.2 Å². The molecule has 7 heteroatoms. The van der Waals surface area contributed by atoms with E-state index < -0.39 is 4.92 Å². The summed E-state index contributed by atoms with van der Waals surface area (Å²) in [5, 5.41) is 13.4. The quantitative estimate of drug-likeness (QED) is 0.619. The Labute approximate surface area is 109 Å². The van der Waals surface area contributed by atoms with Crippen molar-refractivity contribution in [2.24, 2.45) is 5.73 Å². The summed E-state index contributed by atoms with van der Waals surface area (Å²) in [6, 6.07) is 4.27. The van der Waals surface area contributed by atoms with E-state index >= 15 is 0 Å². The molecular formula is C12H15N3O4. The maximum Gasteiger partial charge on any atom is 0.311 e. The summed E-state index contributed by atoms with van der Waals surface area (Å²) in [5.74, 6) is -0.199. The van der Waals surface area contributed by atoms with Crippen LogP contribution >= 0.6 is 0 Å². The minimum Gasteiger partial charge on any atom is -0.483 e. The maximum absolute atomic E-state index is 11.4. The van der Waals surface area contributed by atoms with Crippen molar-refractivity contribution >= 4 is 11.6 Å². The van der Waals surface area contributed by atoms with Crippen molar-refractivity contribution in [1.82, 2.24) is 5.32 Å². The molecule has 0 atom stereocenters. The number of amides is 1. The van der Waals surface area contributed by atoms with Gasteiger partial charge in [0.15, 0.2) is 5.75 Å². The van der Waals surface area contributed by atoms with Gasteiger partial charge in [-0.15, -0.1) is 0 Å². The number of hydrogen-bond donors (Lipinski definition) is 2. The number of nitrogens with two attached hydrogens (primary N) is 1. The average molecular weight is 265 g/mol. The number of benzene rings is 1. The third-order valence-electron chi connectivity index (χ3n) is 3.07. The van der Waals surface area contributed by atoms with Gasteiger partial charge in [0, 0.05) is 24.7 Å². The van der Waals surface area contributed by atoms with Crippen LogP contribution in [0.25, 0.3) is 0 Å². The Hall–Kier alpha value is -2.15. The molecule has 1 saturated carbocycles. The van der Waals surface area contributed by atoms with Gasteiger partial charge >= 0.3 is 5.69 Å². The van der Waals surface area contributed by atoms with E-state index in [4.69, 9.17) is 10.5 Å². The third kappa shape index (κ3) is 2.82. The molecule has 1 aromatic rings. The highest BCUT2D eigenvalue weighted by Gasteiger charge is 2.30. The number of nitrogens with one attached hydrogen (secondary N) is 1. The van der Waals surface area contributed by atoms with Gasteiger partial charge in [0.25, 0.3) is 5.91 Å². The van der Waals surface area contributed by atoms with Crippen molar-refractivity contribution in [1.29, 1.82) is 0 Å². The monoisotopic (exact) mass is 265 g/mol. The van der Waals surface area contributed by atoms with Crippen LogP contribution in [0, 0.1) is 10.1 Å². The molecule has 0 spiro atoms. The van der Waals surface area contributed by atoms with E-state index in [0.717, 1.165) is 0 Å². The molecule has 0 radical (unpaired) electrons. The highest BCUT2D eigenvalue weighted by molar-refractivity contribution is 5.94. The number of carbonyl (C=O) groups excluding carboxylic acids is 1. The molecule has 1 aliphatic carbocycles. The summed E-state index contributed by atoms with van der Waals surface area (Å²) in [6.07, 6.45) is 1.29. The zero-order chi connectivity index (χ0) is 14.0. The average Bonchev–Trinajstić information content (AvgIpc) is 2.36. The minimum absolute atomic E-state index is 0.0837. The Bertz CT molecular complexity index is 512. The Morgan fingerprint density at radius 2 is 2.21 bits per heavy atom. The number of nitro groups is 1. The molecule has 7 nitrogen and oxygen atoms in total. The minimum atomic E-state index is -0.555. The highest BCUT2D eigenvalue weighted by Crippen LogP contribution is 2.32. The van der Waals surface area contributed by atoms with Crippen LogP contribution in [0.3, 0.4) is 0 Å². The molecule has 1 fully saturated rings. The van der Waals surface area contributed by atoms with Crippen LogP contribution < -0.4 is 15.8 Å². The summed E-state index contributed by atoms with van der Waals surface area (Å²) in [5.41, 5.74) is 5.66. The molecule has 2 rings (SSSR count). The molecule has 0 unspecified atom stereocenters. The van der Waals surface area contributed by atoms with Crippen molar-refractivity contribution in [2.45, 2.75) is 25.0 Å². The van der Waals surface area contributed by atoms with Gasteiger partial charge < -0.3 is 15.8 Å². The first-order valence-electron chi connectivity index (χ1n) is 5.94. The van der Waals surface area contributed by atoms with Crippen LogP contribution in [-0.2, 0) is 0 Å². The van der Waals surface area contributed by atoms with E-state index in [1.807, 2.05) is 0 Å². The number of nitro benzene ring substituents is 1. The van der Waals surface area contributed by atoms with Crippen LogP contribution in [0.1, 0.15) is 23.2 Å². The lowest BCUT2D eigenvalue weighted by Crippen LogP contribution is -2.43. The van der Waals surface area contributed by atoms with Crippen molar-refractivity contribution < 1.29 is 14.5 Å². The second-order valence-electron chi connectivity index (χ2n) is 4.49. The molecule has 0 saturated heterocycles. The lowest BCUT2D eigenvalue weighted by molar-refractivity contribution is -0.386.